The van der Waals surface area contributed by atoms with Crippen molar-refractivity contribution < 1.29 is 4.79 Å². The molecule has 2 N–H and O–H groups in total. The van der Waals surface area contributed by atoms with E-state index in [1.165, 1.54) is 11.3 Å². The van der Waals surface area contributed by atoms with Crippen LogP contribution in [-0.4, -0.2) is 39.9 Å². The van der Waals surface area contributed by atoms with Gasteiger partial charge in [-0.1, -0.05) is 0 Å². The molecule has 0 bridgehead atoms. The maximum absolute atomic E-state index is 12.4. The van der Waals surface area contributed by atoms with Crippen molar-refractivity contribution in [2.45, 2.75) is 18.9 Å². The summed E-state index contributed by atoms with van der Waals surface area (Å²) in [6, 6.07) is 3.88. The van der Waals surface area contributed by atoms with E-state index in [1.54, 1.807) is 18.6 Å². The van der Waals surface area contributed by atoms with Crippen LogP contribution in [-0.2, 0) is 0 Å². The molecule has 1 aliphatic heterocycles. The lowest BCUT2D eigenvalue weighted by Crippen LogP contribution is -2.45. The minimum absolute atomic E-state index is 0.0398. The van der Waals surface area contributed by atoms with Crippen LogP contribution in [0.1, 0.15) is 22.5 Å². The Balaban J connectivity index is 1.78. The van der Waals surface area contributed by atoms with Crippen LogP contribution in [0, 0.1) is 0 Å². The van der Waals surface area contributed by atoms with Gasteiger partial charge in [0.2, 0.25) is 0 Å². The van der Waals surface area contributed by atoms with Gasteiger partial charge in [0.25, 0.3) is 5.91 Å². The highest BCUT2D eigenvalue weighted by molar-refractivity contribution is 7.16. The first-order valence-corrected chi connectivity index (χ1v) is 7.47. The highest BCUT2D eigenvalue weighted by atomic mass is 32.1. The molecule has 1 amide bonds. The maximum Gasteiger partial charge on any atom is 0.265 e. The van der Waals surface area contributed by atoms with E-state index in [1.807, 2.05) is 17.0 Å². The van der Waals surface area contributed by atoms with Crippen LogP contribution in [0.25, 0.3) is 10.6 Å². The zero-order chi connectivity index (χ0) is 13.9. The van der Waals surface area contributed by atoms with Crippen molar-refractivity contribution >= 4 is 17.2 Å². The summed E-state index contributed by atoms with van der Waals surface area (Å²) in [5, 5.41) is 0.844. The van der Waals surface area contributed by atoms with Gasteiger partial charge in [-0.25, -0.2) is 4.98 Å². The van der Waals surface area contributed by atoms with Crippen molar-refractivity contribution in [3.8, 4) is 10.6 Å². The molecule has 0 aromatic carbocycles. The van der Waals surface area contributed by atoms with Crippen molar-refractivity contribution in [3.05, 3.63) is 35.6 Å². The van der Waals surface area contributed by atoms with E-state index in [2.05, 4.69) is 9.97 Å². The molecule has 3 rings (SSSR count). The van der Waals surface area contributed by atoms with Crippen LogP contribution in [0.5, 0.6) is 0 Å². The quantitative estimate of drug-likeness (QED) is 0.914. The molecule has 1 aliphatic rings. The Hall–Kier alpha value is -1.79. The number of pyridine rings is 1. The predicted octanol–water partition coefficient (Wildman–Crippen LogP) is 1.77. The standard InChI is InChI=1S/C14H16N4OS/c15-11-2-1-7-18(9-11)14(19)12-8-17-13(20-12)10-3-5-16-6-4-10/h3-6,8,11H,1-2,7,9,15H2. The molecule has 2 aromatic rings. The van der Waals surface area contributed by atoms with E-state index in [0.29, 0.717) is 11.4 Å². The van der Waals surface area contributed by atoms with Gasteiger partial charge in [-0.3, -0.25) is 9.78 Å². The van der Waals surface area contributed by atoms with Gasteiger partial charge < -0.3 is 10.6 Å². The largest absolute Gasteiger partial charge is 0.336 e. The molecule has 1 unspecified atom stereocenters. The van der Waals surface area contributed by atoms with Crippen LogP contribution < -0.4 is 5.73 Å². The van der Waals surface area contributed by atoms with E-state index in [0.717, 1.165) is 30.0 Å². The summed E-state index contributed by atoms with van der Waals surface area (Å²) in [5.74, 6) is 0.0398. The summed E-state index contributed by atoms with van der Waals surface area (Å²) in [6.45, 7) is 1.43. The molecule has 0 spiro atoms. The molecule has 104 valence electrons. The molecule has 5 nitrogen and oxygen atoms in total. The van der Waals surface area contributed by atoms with Crippen LogP contribution in [0.2, 0.25) is 0 Å². The molecule has 0 radical (unpaired) electrons. The number of aromatic nitrogens is 2. The van der Waals surface area contributed by atoms with E-state index in [-0.39, 0.29) is 11.9 Å². The van der Waals surface area contributed by atoms with Gasteiger partial charge in [0.15, 0.2) is 0 Å². The minimum atomic E-state index is 0.0398. The Bertz CT molecular complexity index is 598. The molecule has 20 heavy (non-hydrogen) atoms. The second-order valence-corrected chi connectivity index (χ2v) is 5.95. The van der Waals surface area contributed by atoms with E-state index < -0.39 is 0 Å². The number of rotatable bonds is 2. The SMILES string of the molecule is NC1CCCN(C(=O)c2cnc(-c3ccncc3)s2)C1. The first-order chi connectivity index (χ1) is 9.74. The molecule has 2 aromatic heterocycles. The van der Waals surface area contributed by atoms with Crippen LogP contribution in [0.15, 0.2) is 30.7 Å². The third-order valence-corrected chi connectivity index (χ3v) is 4.42. The van der Waals surface area contributed by atoms with Gasteiger partial charge in [-0.2, -0.15) is 0 Å². The zero-order valence-electron chi connectivity index (χ0n) is 11.0. The second kappa shape index (κ2) is 5.68. The van der Waals surface area contributed by atoms with E-state index in [9.17, 15) is 4.79 Å². The summed E-state index contributed by atoms with van der Waals surface area (Å²) in [5.41, 5.74) is 6.91. The van der Waals surface area contributed by atoms with Gasteiger partial charge in [0, 0.05) is 37.1 Å². The fourth-order valence-electron chi connectivity index (χ4n) is 2.35. The van der Waals surface area contributed by atoms with E-state index >= 15 is 0 Å². The summed E-state index contributed by atoms with van der Waals surface area (Å²) < 4.78 is 0. The molecule has 6 heteroatoms. The Morgan fingerprint density at radius 2 is 2.20 bits per heavy atom. The molecule has 3 heterocycles. The monoisotopic (exact) mass is 288 g/mol. The Labute approximate surface area is 121 Å². The number of likely N-dealkylation sites (tertiary alicyclic amines) is 1. The fourth-order valence-corrected chi connectivity index (χ4v) is 3.24. The number of nitrogens with two attached hydrogens (primary N) is 1. The lowest BCUT2D eigenvalue weighted by Gasteiger charge is -2.30. The highest BCUT2D eigenvalue weighted by Gasteiger charge is 2.23. The number of thiazole rings is 1. The van der Waals surface area contributed by atoms with Crippen LogP contribution >= 0.6 is 11.3 Å². The van der Waals surface area contributed by atoms with Gasteiger partial charge in [-0.15, -0.1) is 11.3 Å². The smallest absolute Gasteiger partial charge is 0.265 e. The van der Waals surface area contributed by atoms with Gasteiger partial charge >= 0.3 is 0 Å². The first kappa shape index (κ1) is 13.2. The number of hydrogen-bond donors (Lipinski definition) is 1. The van der Waals surface area contributed by atoms with Crippen molar-refractivity contribution in [2.24, 2.45) is 5.73 Å². The molecule has 0 aliphatic carbocycles. The summed E-state index contributed by atoms with van der Waals surface area (Å²) in [7, 11) is 0. The molecular formula is C14H16N4OS. The summed E-state index contributed by atoms with van der Waals surface area (Å²) in [6.07, 6.45) is 7.07. The number of amides is 1. The molecular weight excluding hydrogens is 272 g/mol. The molecule has 1 fully saturated rings. The van der Waals surface area contributed by atoms with Crippen LogP contribution in [0.3, 0.4) is 0 Å². The summed E-state index contributed by atoms with van der Waals surface area (Å²) >= 11 is 1.42. The maximum atomic E-state index is 12.4. The fraction of sp³-hybridized carbons (Fsp3) is 0.357. The topological polar surface area (TPSA) is 72.1 Å². The van der Waals surface area contributed by atoms with Crippen molar-refractivity contribution in [1.82, 2.24) is 14.9 Å². The zero-order valence-corrected chi connectivity index (χ0v) is 11.8. The molecule has 1 atom stereocenters. The predicted molar refractivity (Wildman–Crippen MR) is 78.5 cm³/mol. The number of carbonyl (C=O) groups is 1. The minimum Gasteiger partial charge on any atom is -0.336 e. The molecule has 0 saturated carbocycles. The third-order valence-electron chi connectivity index (χ3n) is 3.39. The first-order valence-electron chi connectivity index (χ1n) is 6.65. The molecule has 1 saturated heterocycles. The van der Waals surface area contributed by atoms with Crippen molar-refractivity contribution in [2.75, 3.05) is 13.1 Å². The average Bonchev–Trinajstić information content (AvgIpc) is 2.97. The third kappa shape index (κ3) is 2.71. The average molecular weight is 288 g/mol. The number of hydrogen-bond acceptors (Lipinski definition) is 5. The second-order valence-electron chi connectivity index (χ2n) is 4.92. The Morgan fingerprint density at radius 1 is 1.40 bits per heavy atom. The number of piperidine rings is 1. The van der Waals surface area contributed by atoms with E-state index in [4.69, 9.17) is 5.73 Å². The number of carbonyl (C=O) groups excluding carboxylic acids is 1. The van der Waals surface area contributed by atoms with Gasteiger partial charge in [0.05, 0.1) is 6.20 Å². The van der Waals surface area contributed by atoms with Crippen LogP contribution in [0.4, 0.5) is 0 Å². The van der Waals surface area contributed by atoms with Gasteiger partial charge in [0.1, 0.15) is 9.88 Å². The summed E-state index contributed by atoms with van der Waals surface area (Å²) in [4.78, 5) is 23.2. The van der Waals surface area contributed by atoms with Gasteiger partial charge in [-0.05, 0) is 25.0 Å². The Morgan fingerprint density at radius 3 is 2.95 bits per heavy atom. The Kier molecular flexibility index (Phi) is 3.75. The van der Waals surface area contributed by atoms with Crippen molar-refractivity contribution in [1.29, 1.82) is 0 Å². The normalized spacial score (nSPS) is 19.1. The lowest BCUT2D eigenvalue weighted by molar-refractivity contribution is 0.0713. The van der Waals surface area contributed by atoms with Crippen molar-refractivity contribution in [3.63, 3.8) is 0 Å². The number of nitrogens with zero attached hydrogens (tertiary/aromatic N) is 3. The highest BCUT2D eigenvalue weighted by Crippen LogP contribution is 2.26. The lowest BCUT2D eigenvalue weighted by atomic mass is 10.1.